The van der Waals surface area contributed by atoms with E-state index in [0.717, 1.165) is 55.1 Å². The Labute approximate surface area is 157 Å². The molecule has 0 radical (unpaired) electrons. The van der Waals surface area contributed by atoms with Crippen LogP contribution in [0.2, 0.25) is 0 Å². The van der Waals surface area contributed by atoms with E-state index in [9.17, 15) is 4.79 Å². The van der Waals surface area contributed by atoms with Gasteiger partial charge in [0.15, 0.2) is 11.5 Å². The molecule has 27 heavy (non-hydrogen) atoms. The molecule has 2 aromatic heterocycles. The fourth-order valence-corrected chi connectivity index (χ4v) is 4.25. The number of carbonyl (C=O) groups excluding carboxylic acids is 1. The van der Waals surface area contributed by atoms with Gasteiger partial charge in [0.25, 0.3) is 5.91 Å². The summed E-state index contributed by atoms with van der Waals surface area (Å²) in [5.74, 6) is 2.36. The quantitative estimate of drug-likeness (QED) is 0.891. The summed E-state index contributed by atoms with van der Waals surface area (Å²) in [5.41, 5.74) is 2.51. The van der Waals surface area contributed by atoms with Gasteiger partial charge in [-0.1, -0.05) is 5.16 Å². The van der Waals surface area contributed by atoms with Crippen molar-refractivity contribution in [1.82, 2.24) is 25.2 Å². The Balaban J connectivity index is 1.26. The number of hydrogen-bond donors (Lipinski definition) is 1. The second kappa shape index (κ2) is 6.44. The van der Waals surface area contributed by atoms with Crippen molar-refractivity contribution in [2.45, 2.75) is 70.0 Å². The van der Waals surface area contributed by atoms with E-state index in [1.165, 1.54) is 0 Å². The summed E-state index contributed by atoms with van der Waals surface area (Å²) in [4.78, 5) is 19.5. The first-order chi connectivity index (χ1) is 13.1. The number of likely N-dealkylation sites (tertiary alicyclic amines) is 1. The number of H-pyrrole nitrogens is 1. The number of piperidine rings is 1. The van der Waals surface area contributed by atoms with Gasteiger partial charge in [-0.25, -0.2) is 0 Å². The minimum atomic E-state index is -0.0533. The Hall–Kier alpha value is -2.22. The number of carbonyl (C=O) groups is 1. The minimum Gasteiger partial charge on any atom is -0.369 e. The summed E-state index contributed by atoms with van der Waals surface area (Å²) in [5, 5.41) is 11.5. The molecular formula is C19H25N5O3. The zero-order chi connectivity index (χ0) is 18.5. The van der Waals surface area contributed by atoms with Crippen LogP contribution in [0.4, 0.5) is 0 Å². The summed E-state index contributed by atoms with van der Waals surface area (Å²) in [7, 11) is 0. The summed E-state index contributed by atoms with van der Waals surface area (Å²) < 4.78 is 11.2. The zero-order valence-corrected chi connectivity index (χ0v) is 15.8. The van der Waals surface area contributed by atoms with E-state index in [4.69, 9.17) is 9.26 Å². The van der Waals surface area contributed by atoms with Crippen LogP contribution in [-0.4, -0.2) is 50.3 Å². The first-order valence-corrected chi connectivity index (χ1v) is 9.95. The average molecular weight is 371 g/mol. The number of rotatable bonds is 3. The second-order valence-corrected chi connectivity index (χ2v) is 8.09. The van der Waals surface area contributed by atoms with E-state index in [1.54, 1.807) is 0 Å². The molecule has 0 spiro atoms. The third-order valence-electron chi connectivity index (χ3n) is 5.97. The first kappa shape index (κ1) is 16.9. The van der Waals surface area contributed by atoms with Gasteiger partial charge in [-0.05, 0) is 39.5 Å². The second-order valence-electron chi connectivity index (χ2n) is 8.09. The smallest absolute Gasteiger partial charge is 0.274 e. The van der Waals surface area contributed by atoms with Crippen LogP contribution >= 0.6 is 0 Å². The molecule has 0 bridgehead atoms. The van der Waals surface area contributed by atoms with E-state index < -0.39 is 0 Å². The Kier molecular flexibility index (Phi) is 4.03. The van der Waals surface area contributed by atoms with Gasteiger partial charge in [0.1, 0.15) is 0 Å². The lowest BCUT2D eigenvalue weighted by Crippen LogP contribution is -2.39. The van der Waals surface area contributed by atoms with Gasteiger partial charge in [0, 0.05) is 36.9 Å². The summed E-state index contributed by atoms with van der Waals surface area (Å²) in [6, 6.07) is 0. The lowest BCUT2D eigenvalue weighted by molar-refractivity contribution is -0.00703. The third-order valence-corrected chi connectivity index (χ3v) is 5.97. The number of aromatic amines is 1. The SMILES string of the molecule is C[C@@H]1Cc2c(C(=O)N3CCC(c4noc(C5CC5)n4)CC3)n[nH]c2[C@H](C)O1. The van der Waals surface area contributed by atoms with Gasteiger partial charge in [-0.15, -0.1) is 0 Å². The van der Waals surface area contributed by atoms with Crippen LogP contribution in [0.3, 0.4) is 0 Å². The van der Waals surface area contributed by atoms with Crippen LogP contribution in [0.5, 0.6) is 0 Å². The Morgan fingerprint density at radius 3 is 2.67 bits per heavy atom. The lowest BCUT2D eigenvalue weighted by Gasteiger charge is -2.31. The molecule has 1 amide bonds. The standard InChI is InChI=1S/C19H25N5O3/c1-10-9-14-15(11(2)26-10)21-22-16(14)19(25)24-7-5-12(6-8-24)17-20-18(27-23-17)13-3-4-13/h10-13H,3-9H2,1-2H3,(H,21,22)/t10-,11+/m1/s1. The maximum absolute atomic E-state index is 13.0. The van der Waals surface area contributed by atoms with Crippen molar-refractivity contribution in [3.05, 3.63) is 28.7 Å². The molecule has 1 N–H and O–H groups in total. The molecule has 2 aliphatic heterocycles. The fraction of sp³-hybridized carbons (Fsp3) is 0.684. The van der Waals surface area contributed by atoms with Crippen LogP contribution in [0.15, 0.2) is 4.52 Å². The highest BCUT2D eigenvalue weighted by molar-refractivity contribution is 5.94. The van der Waals surface area contributed by atoms with E-state index in [0.29, 0.717) is 24.7 Å². The zero-order valence-electron chi connectivity index (χ0n) is 15.8. The van der Waals surface area contributed by atoms with Crippen molar-refractivity contribution in [2.75, 3.05) is 13.1 Å². The summed E-state index contributed by atoms with van der Waals surface area (Å²) in [6.45, 7) is 5.42. The Morgan fingerprint density at radius 1 is 1.15 bits per heavy atom. The van der Waals surface area contributed by atoms with E-state index in [2.05, 4.69) is 20.3 Å². The summed E-state index contributed by atoms with van der Waals surface area (Å²) >= 11 is 0. The maximum Gasteiger partial charge on any atom is 0.274 e. The Morgan fingerprint density at radius 2 is 1.93 bits per heavy atom. The molecule has 1 saturated carbocycles. The molecule has 3 aliphatic rings. The van der Waals surface area contributed by atoms with Crippen molar-refractivity contribution in [2.24, 2.45) is 0 Å². The molecule has 8 heteroatoms. The molecule has 2 aromatic rings. The number of hydrogen-bond acceptors (Lipinski definition) is 6. The monoisotopic (exact) mass is 371 g/mol. The molecule has 2 atom stereocenters. The number of amides is 1. The van der Waals surface area contributed by atoms with Crippen LogP contribution in [-0.2, 0) is 11.2 Å². The normalized spacial score (nSPS) is 26.2. The molecule has 1 saturated heterocycles. The molecule has 2 fully saturated rings. The van der Waals surface area contributed by atoms with Gasteiger partial charge in [-0.3, -0.25) is 9.89 Å². The number of aromatic nitrogens is 4. The van der Waals surface area contributed by atoms with E-state index in [-0.39, 0.29) is 24.0 Å². The van der Waals surface area contributed by atoms with Gasteiger partial charge >= 0.3 is 0 Å². The van der Waals surface area contributed by atoms with Crippen molar-refractivity contribution in [3.8, 4) is 0 Å². The number of ether oxygens (including phenoxy) is 1. The van der Waals surface area contributed by atoms with Crippen molar-refractivity contribution < 1.29 is 14.1 Å². The van der Waals surface area contributed by atoms with Crippen LogP contribution in [0.25, 0.3) is 0 Å². The van der Waals surface area contributed by atoms with Gasteiger partial charge < -0.3 is 14.2 Å². The van der Waals surface area contributed by atoms with Crippen LogP contribution in [0, 0.1) is 0 Å². The first-order valence-electron chi connectivity index (χ1n) is 9.95. The highest BCUT2D eigenvalue weighted by atomic mass is 16.5. The van der Waals surface area contributed by atoms with Crippen molar-refractivity contribution in [3.63, 3.8) is 0 Å². The van der Waals surface area contributed by atoms with E-state index in [1.807, 2.05) is 18.7 Å². The molecule has 8 nitrogen and oxygen atoms in total. The van der Waals surface area contributed by atoms with Gasteiger partial charge in [0.2, 0.25) is 5.89 Å². The van der Waals surface area contributed by atoms with Crippen molar-refractivity contribution >= 4 is 5.91 Å². The van der Waals surface area contributed by atoms with Gasteiger partial charge in [0.05, 0.1) is 17.9 Å². The van der Waals surface area contributed by atoms with Crippen LogP contribution in [0.1, 0.15) is 90.9 Å². The molecule has 5 rings (SSSR count). The number of fused-ring (bicyclic) bond motifs is 1. The van der Waals surface area contributed by atoms with Gasteiger partial charge in [-0.2, -0.15) is 10.1 Å². The van der Waals surface area contributed by atoms with Crippen molar-refractivity contribution in [1.29, 1.82) is 0 Å². The Bertz CT molecular complexity index is 847. The number of nitrogens with zero attached hydrogens (tertiary/aromatic N) is 4. The van der Waals surface area contributed by atoms with E-state index >= 15 is 0 Å². The number of nitrogens with one attached hydrogen (secondary N) is 1. The highest BCUT2D eigenvalue weighted by Crippen LogP contribution is 2.40. The molecule has 144 valence electrons. The lowest BCUT2D eigenvalue weighted by atomic mass is 9.95. The summed E-state index contributed by atoms with van der Waals surface area (Å²) in [6.07, 6.45) is 4.80. The predicted molar refractivity (Wildman–Crippen MR) is 95.4 cm³/mol. The highest BCUT2D eigenvalue weighted by Gasteiger charge is 2.35. The fourth-order valence-electron chi connectivity index (χ4n) is 4.25. The molecule has 4 heterocycles. The largest absolute Gasteiger partial charge is 0.369 e. The molecule has 0 unspecified atom stereocenters. The average Bonchev–Trinajstić information content (AvgIpc) is 3.24. The molecule has 0 aromatic carbocycles. The molecule has 1 aliphatic carbocycles. The minimum absolute atomic E-state index is 0.0130. The molecular weight excluding hydrogens is 346 g/mol. The topological polar surface area (TPSA) is 97.1 Å². The third kappa shape index (κ3) is 3.05. The maximum atomic E-state index is 13.0. The van der Waals surface area contributed by atoms with Crippen LogP contribution < -0.4 is 0 Å². The predicted octanol–water partition coefficient (Wildman–Crippen LogP) is 2.71.